The third-order valence-corrected chi connectivity index (χ3v) is 4.02. The summed E-state index contributed by atoms with van der Waals surface area (Å²) in [5.41, 5.74) is 0.968. The van der Waals surface area contributed by atoms with Gasteiger partial charge in [0, 0.05) is 11.1 Å². The van der Waals surface area contributed by atoms with Crippen LogP contribution in [0.15, 0.2) is 35.7 Å². The predicted molar refractivity (Wildman–Crippen MR) is 73.2 cm³/mol. The van der Waals surface area contributed by atoms with Crippen LogP contribution in [0.1, 0.15) is 26.7 Å². The fraction of sp³-hybridized carbons (Fsp3) is 0.0714. The molecular formula is C14H9NO4S. The molecule has 0 saturated heterocycles. The standard InChI is InChI=1S/C14H9NO4S/c16-12(9-5-2-6-20-9)8-4-1-3-7-10(14(18)19)13(17)15-11(7)8/h1-6,10H,(H,15,17)(H,18,19). The van der Waals surface area contributed by atoms with E-state index in [-0.39, 0.29) is 5.78 Å². The fourth-order valence-corrected chi connectivity index (χ4v) is 2.94. The zero-order chi connectivity index (χ0) is 14.3. The Balaban J connectivity index is 2.11. The van der Waals surface area contributed by atoms with E-state index in [0.29, 0.717) is 21.7 Å². The maximum atomic E-state index is 12.4. The van der Waals surface area contributed by atoms with E-state index in [1.54, 1.807) is 35.7 Å². The molecule has 2 heterocycles. The molecule has 6 heteroatoms. The van der Waals surface area contributed by atoms with E-state index in [1.807, 2.05) is 0 Å². The summed E-state index contributed by atoms with van der Waals surface area (Å²) in [6.45, 7) is 0. The molecule has 0 fully saturated rings. The van der Waals surface area contributed by atoms with Crippen LogP contribution in [0.2, 0.25) is 0 Å². The number of benzene rings is 1. The van der Waals surface area contributed by atoms with Gasteiger partial charge in [-0.1, -0.05) is 18.2 Å². The first kappa shape index (κ1) is 12.6. The summed E-state index contributed by atoms with van der Waals surface area (Å²) in [7, 11) is 0. The third-order valence-electron chi connectivity index (χ3n) is 3.15. The third kappa shape index (κ3) is 1.81. The maximum absolute atomic E-state index is 12.4. The Kier molecular flexibility index (Phi) is 2.87. The number of aliphatic carboxylic acids is 1. The lowest BCUT2D eigenvalue weighted by Crippen LogP contribution is -2.20. The van der Waals surface area contributed by atoms with E-state index in [9.17, 15) is 14.4 Å². The van der Waals surface area contributed by atoms with Gasteiger partial charge in [0.25, 0.3) is 0 Å². The van der Waals surface area contributed by atoms with E-state index >= 15 is 0 Å². The highest BCUT2D eigenvalue weighted by molar-refractivity contribution is 7.12. The lowest BCUT2D eigenvalue weighted by Gasteiger charge is -2.06. The Morgan fingerprint density at radius 1 is 1.20 bits per heavy atom. The number of thiophene rings is 1. The second kappa shape index (κ2) is 4.57. The smallest absolute Gasteiger partial charge is 0.320 e. The number of hydrogen-bond acceptors (Lipinski definition) is 4. The molecule has 1 aliphatic heterocycles. The number of carbonyl (C=O) groups excluding carboxylic acids is 2. The van der Waals surface area contributed by atoms with Gasteiger partial charge in [0.1, 0.15) is 0 Å². The van der Waals surface area contributed by atoms with Crippen LogP contribution < -0.4 is 5.32 Å². The largest absolute Gasteiger partial charge is 0.480 e. The van der Waals surface area contributed by atoms with Crippen LogP contribution in [0.25, 0.3) is 0 Å². The van der Waals surface area contributed by atoms with E-state index in [4.69, 9.17) is 5.11 Å². The molecule has 1 aromatic heterocycles. The van der Waals surface area contributed by atoms with Gasteiger partial charge in [-0.25, -0.2) is 0 Å². The van der Waals surface area contributed by atoms with Crippen LogP contribution in [0.3, 0.4) is 0 Å². The van der Waals surface area contributed by atoms with Gasteiger partial charge in [-0.15, -0.1) is 11.3 Å². The molecule has 100 valence electrons. The van der Waals surface area contributed by atoms with Crippen molar-refractivity contribution >= 4 is 34.7 Å². The number of ketones is 1. The molecule has 1 amide bonds. The molecule has 2 N–H and O–H groups in total. The summed E-state index contributed by atoms with van der Waals surface area (Å²) in [5.74, 6) is -3.30. The summed E-state index contributed by atoms with van der Waals surface area (Å²) in [6, 6.07) is 8.19. The highest BCUT2D eigenvalue weighted by atomic mass is 32.1. The number of amides is 1. The quantitative estimate of drug-likeness (QED) is 0.669. The van der Waals surface area contributed by atoms with Crippen LogP contribution in [0, 0.1) is 0 Å². The Hall–Kier alpha value is -2.47. The van der Waals surface area contributed by atoms with Gasteiger partial charge in [0.05, 0.1) is 10.6 Å². The zero-order valence-electron chi connectivity index (χ0n) is 10.1. The van der Waals surface area contributed by atoms with Crippen molar-refractivity contribution in [1.29, 1.82) is 0 Å². The topological polar surface area (TPSA) is 83.5 Å². The van der Waals surface area contributed by atoms with Gasteiger partial charge < -0.3 is 10.4 Å². The Bertz CT molecular complexity index is 721. The molecule has 1 aliphatic rings. The summed E-state index contributed by atoms with van der Waals surface area (Å²) in [6.07, 6.45) is 0. The Morgan fingerprint density at radius 2 is 2.00 bits per heavy atom. The number of carboxylic acids is 1. The lowest BCUT2D eigenvalue weighted by molar-refractivity contribution is -0.141. The molecule has 3 rings (SSSR count). The first-order chi connectivity index (χ1) is 9.59. The summed E-state index contributed by atoms with van der Waals surface area (Å²) < 4.78 is 0. The molecule has 0 spiro atoms. The van der Waals surface area contributed by atoms with Gasteiger partial charge in [-0.2, -0.15) is 0 Å². The molecule has 0 saturated carbocycles. The average molecular weight is 287 g/mol. The minimum Gasteiger partial charge on any atom is -0.480 e. The minimum atomic E-state index is -1.25. The van der Waals surface area contributed by atoms with Crippen LogP contribution in [-0.2, 0) is 9.59 Å². The van der Waals surface area contributed by atoms with Gasteiger partial charge in [0.15, 0.2) is 5.92 Å². The number of fused-ring (bicyclic) bond motifs is 1. The number of rotatable bonds is 3. The Labute approximate surface area is 117 Å². The van der Waals surface area contributed by atoms with Crippen LogP contribution in [0.5, 0.6) is 0 Å². The molecule has 5 nitrogen and oxygen atoms in total. The Morgan fingerprint density at radius 3 is 2.65 bits per heavy atom. The van der Waals surface area contributed by atoms with Crippen molar-refractivity contribution in [2.75, 3.05) is 5.32 Å². The van der Waals surface area contributed by atoms with Gasteiger partial charge in [-0.3, -0.25) is 14.4 Å². The van der Waals surface area contributed by atoms with Gasteiger partial charge in [0.2, 0.25) is 11.7 Å². The number of anilines is 1. The highest BCUT2D eigenvalue weighted by Crippen LogP contribution is 2.36. The van der Waals surface area contributed by atoms with Crippen molar-refractivity contribution in [3.05, 3.63) is 51.7 Å². The number of nitrogens with one attached hydrogen (secondary N) is 1. The van der Waals surface area contributed by atoms with Crippen LogP contribution >= 0.6 is 11.3 Å². The predicted octanol–water partition coefficient (Wildman–Crippen LogP) is 2.10. The second-order valence-corrected chi connectivity index (χ2v) is 5.28. The molecule has 1 atom stereocenters. The fourth-order valence-electron chi connectivity index (χ4n) is 2.26. The average Bonchev–Trinajstić information content (AvgIpc) is 3.03. The molecule has 2 aromatic rings. The molecule has 1 unspecified atom stereocenters. The van der Waals surface area contributed by atoms with E-state index in [2.05, 4.69) is 5.32 Å². The van der Waals surface area contributed by atoms with Crippen molar-refractivity contribution in [2.24, 2.45) is 0 Å². The van der Waals surface area contributed by atoms with E-state index in [0.717, 1.165) is 0 Å². The zero-order valence-corrected chi connectivity index (χ0v) is 10.9. The van der Waals surface area contributed by atoms with Crippen molar-refractivity contribution in [2.45, 2.75) is 5.92 Å². The second-order valence-electron chi connectivity index (χ2n) is 4.34. The SMILES string of the molecule is O=C(c1cccs1)c1cccc2c1NC(=O)C2C(=O)O. The molecule has 0 radical (unpaired) electrons. The molecule has 20 heavy (non-hydrogen) atoms. The summed E-state index contributed by atoms with van der Waals surface area (Å²) in [4.78, 5) is 35.8. The number of carboxylic acid groups (broad SMARTS) is 1. The number of hydrogen-bond donors (Lipinski definition) is 2. The van der Waals surface area contributed by atoms with Crippen molar-refractivity contribution < 1.29 is 19.5 Å². The number of para-hydroxylation sites is 1. The molecule has 1 aromatic carbocycles. The normalized spacial score (nSPS) is 16.6. The van der Waals surface area contributed by atoms with Crippen molar-refractivity contribution in [3.8, 4) is 0 Å². The summed E-state index contributed by atoms with van der Waals surface area (Å²) >= 11 is 1.30. The highest BCUT2D eigenvalue weighted by Gasteiger charge is 2.38. The van der Waals surface area contributed by atoms with E-state index in [1.165, 1.54) is 11.3 Å². The number of carbonyl (C=O) groups is 3. The minimum absolute atomic E-state index is 0.219. The molecule has 0 bridgehead atoms. The first-order valence-corrected chi connectivity index (χ1v) is 6.72. The van der Waals surface area contributed by atoms with Gasteiger partial charge >= 0.3 is 5.97 Å². The molecular weight excluding hydrogens is 278 g/mol. The molecule has 0 aliphatic carbocycles. The van der Waals surface area contributed by atoms with E-state index < -0.39 is 17.8 Å². The maximum Gasteiger partial charge on any atom is 0.320 e. The van der Waals surface area contributed by atoms with Crippen LogP contribution in [-0.4, -0.2) is 22.8 Å². The van der Waals surface area contributed by atoms with Gasteiger partial charge in [-0.05, 0) is 17.5 Å². The first-order valence-electron chi connectivity index (χ1n) is 5.84. The summed E-state index contributed by atoms with van der Waals surface area (Å²) in [5, 5.41) is 13.4. The monoisotopic (exact) mass is 287 g/mol. The lowest BCUT2D eigenvalue weighted by atomic mass is 9.97. The van der Waals surface area contributed by atoms with Crippen LogP contribution in [0.4, 0.5) is 5.69 Å². The van der Waals surface area contributed by atoms with Crippen molar-refractivity contribution in [1.82, 2.24) is 0 Å². The van der Waals surface area contributed by atoms with Crippen molar-refractivity contribution in [3.63, 3.8) is 0 Å².